The molecule has 0 spiro atoms. The number of nitrogens with one attached hydrogen (secondary N) is 1. The second-order valence-corrected chi connectivity index (χ2v) is 6.05. The Hall–Kier alpha value is -1.29. The van der Waals surface area contributed by atoms with E-state index in [0.29, 0.717) is 18.4 Å². The fraction of sp³-hybridized carbons (Fsp3) is 0.688. The van der Waals surface area contributed by atoms with Crippen LogP contribution in [0.15, 0.2) is 24.5 Å². The number of carbonyl (C=O) groups excluding carboxylic acids is 1. The van der Waals surface area contributed by atoms with Gasteiger partial charge in [-0.3, -0.25) is 4.79 Å². The third-order valence-electron chi connectivity index (χ3n) is 4.21. The molecule has 0 atom stereocenters. The predicted octanol–water partition coefficient (Wildman–Crippen LogP) is 2.11. The number of nitrogens with zero attached hydrogens (tertiary/aromatic N) is 2. The summed E-state index contributed by atoms with van der Waals surface area (Å²) in [5.74, 6) is 0.775. The van der Waals surface area contributed by atoms with Crippen LogP contribution in [-0.2, 0) is 11.3 Å². The molecule has 1 fully saturated rings. The number of carbonyl (C=O) groups is 1. The van der Waals surface area contributed by atoms with Crippen molar-refractivity contribution < 1.29 is 4.79 Å². The maximum absolute atomic E-state index is 11.9. The Morgan fingerprint density at radius 3 is 2.50 bits per heavy atom. The van der Waals surface area contributed by atoms with E-state index >= 15 is 0 Å². The number of aromatic nitrogens is 1. The van der Waals surface area contributed by atoms with Crippen molar-refractivity contribution in [2.45, 2.75) is 45.7 Å². The number of amides is 1. The highest BCUT2D eigenvalue weighted by atomic mass is 16.1. The van der Waals surface area contributed by atoms with Crippen LogP contribution in [-0.4, -0.2) is 41.1 Å². The van der Waals surface area contributed by atoms with Crippen LogP contribution in [0.1, 0.15) is 33.1 Å². The van der Waals surface area contributed by atoms with Gasteiger partial charge in [-0.15, -0.1) is 0 Å². The Balaban J connectivity index is 1.60. The summed E-state index contributed by atoms with van der Waals surface area (Å²) in [5, 5.41) is 3.03. The lowest BCUT2D eigenvalue weighted by molar-refractivity contribution is -0.122. The highest BCUT2D eigenvalue weighted by Crippen LogP contribution is 2.21. The first-order chi connectivity index (χ1) is 9.65. The molecular weight excluding hydrogens is 250 g/mol. The molecule has 1 aliphatic rings. The molecule has 0 saturated carbocycles. The molecule has 1 aliphatic heterocycles. The highest BCUT2D eigenvalue weighted by Gasteiger charge is 2.22. The van der Waals surface area contributed by atoms with Gasteiger partial charge in [0.15, 0.2) is 0 Å². The third-order valence-corrected chi connectivity index (χ3v) is 4.21. The Labute approximate surface area is 122 Å². The van der Waals surface area contributed by atoms with E-state index in [2.05, 4.69) is 28.6 Å². The number of hydrogen-bond donors (Lipinski definition) is 1. The fourth-order valence-electron chi connectivity index (χ4n) is 2.85. The fourth-order valence-corrected chi connectivity index (χ4v) is 2.85. The molecule has 1 aromatic heterocycles. The quantitative estimate of drug-likeness (QED) is 0.865. The second kappa shape index (κ2) is 7.48. The maximum atomic E-state index is 11.9. The number of piperidine rings is 1. The summed E-state index contributed by atoms with van der Waals surface area (Å²) in [6.07, 6.45) is 7.05. The van der Waals surface area contributed by atoms with Gasteiger partial charge >= 0.3 is 0 Å². The van der Waals surface area contributed by atoms with Gasteiger partial charge in [0.2, 0.25) is 5.91 Å². The van der Waals surface area contributed by atoms with Crippen LogP contribution in [0, 0.1) is 5.92 Å². The van der Waals surface area contributed by atoms with Crippen molar-refractivity contribution in [3.63, 3.8) is 0 Å². The smallest absolute Gasteiger partial charge is 0.220 e. The van der Waals surface area contributed by atoms with E-state index in [4.69, 9.17) is 0 Å². The van der Waals surface area contributed by atoms with Gasteiger partial charge in [-0.2, -0.15) is 0 Å². The van der Waals surface area contributed by atoms with Crippen LogP contribution < -0.4 is 5.32 Å². The van der Waals surface area contributed by atoms with Crippen LogP contribution in [0.4, 0.5) is 0 Å². The van der Waals surface area contributed by atoms with Crippen molar-refractivity contribution in [2.75, 3.05) is 19.6 Å². The predicted molar refractivity (Wildman–Crippen MR) is 81.5 cm³/mol. The Morgan fingerprint density at radius 2 is 1.90 bits per heavy atom. The molecule has 0 bridgehead atoms. The van der Waals surface area contributed by atoms with Gasteiger partial charge in [-0.25, -0.2) is 0 Å². The SMILES string of the molecule is CC(C)N1CCC(CC(=O)NCCn2cccc2)CC1. The highest BCUT2D eigenvalue weighted by molar-refractivity contribution is 5.76. The van der Waals surface area contributed by atoms with Gasteiger partial charge in [0.1, 0.15) is 0 Å². The van der Waals surface area contributed by atoms with E-state index < -0.39 is 0 Å². The van der Waals surface area contributed by atoms with E-state index in [0.717, 1.165) is 39.0 Å². The van der Waals surface area contributed by atoms with Crippen molar-refractivity contribution in [1.29, 1.82) is 0 Å². The van der Waals surface area contributed by atoms with Gasteiger partial charge in [0.25, 0.3) is 0 Å². The second-order valence-electron chi connectivity index (χ2n) is 6.05. The summed E-state index contributed by atoms with van der Waals surface area (Å²) < 4.78 is 2.08. The van der Waals surface area contributed by atoms with Gasteiger partial charge in [-0.05, 0) is 57.8 Å². The molecule has 0 unspecified atom stereocenters. The van der Waals surface area contributed by atoms with E-state index in [1.54, 1.807) is 0 Å². The van der Waals surface area contributed by atoms with E-state index in [1.165, 1.54) is 0 Å². The summed E-state index contributed by atoms with van der Waals surface area (Å²) in [7, 11) is 0. The summed E-state index contributed by atoms with van der Waals surface area (Å²) in [4.78, 5) is 14.4. The van der Waals surface area contributed by atoms with Crippen molar-refractivity contribution >= 4 is 5.91 Å². The average Bonchev–Trinajstić information content (AvgIpc) is 2.92. The maximum Gasteiger partial charge on any atom is 0.220 e. The monoisotopic (exact) mass is 277 g/mol. The molecule has 20 heavy (non-hydrogen) atoms. The Bertz CT molecular complexity index is 392. The molecule has 0 radical (unpaired) electrons. The molecular formula is C16H27N3O. The molecule has 112 valence electrons. The molecule has 4 heteroatoms. The minimum Gasteiger partial charge on any atom is -0.354 e. The third kappa shape index (κ3) is 4.67. The standard InChI is InChI=1S/C16H27N3O/c1-14(2)19-10-5-15(6-11-19)13-16(20)17-7-12-18-8-3-4-9-18/h3-4,8-9,14-15H,5-7,10-13H2,1-2H3,(H,17,20). The van der Waals surface area contributed by atoms with Crippen LogP contribution >= 0.6 is 0 Å². The summed E-state index contributed by atoms with van der Waals surface area (Å²) in [5.41, 5.74) is 0. The van der Waals surface area contributed by atoms with Gasteiger partial charge < -0.3 is 14.8 Å². The van der Waals surface area contributed by atoms with Crippen LogP contribution in [0.5, 0.6) is 0 Å². The minimum atomic E-state index is 0.208. The topological polar surface area (TPSA) is 37.3 Å². The number of hydrogen-bond acceptors (Lipinski definition) is 2. The van der Waals surface area contributed by atoms with Crippen molar-refractivity contribution in [1.82, 2.24) is 14.8 Å². The van der Waals surface area contributed by atoms with Gasteiger partial charge in [0.05, 0.1) is 0 Å². The van der Waals surface area contributed by atoms with E-state index in [1.807, 2.05) is 24.5 Å². The van der Waals surface area contributed by atoms with Crippen LogP contribution in [0.25, 0.3) is 0 Å². The summed E-state index contributed by atoms with van der Waals surface area (Å²) >= 11 is 0. The van der Waals surface area contributed by atoms with E-state index in [9.17, 15) is 4.79 Å². The first-order valence-corrected chi connectivity index (χ1v) is 7.76. The zero-order valence-electron chi connectivity index (χ0n) is 12.7. The van der Waals surface area contributed by atoms with Crippen molar-refractivity contribution in [3.8, 4) is 0 Å². The Morgan fingerprint density at radius 1 is 1.25 bits per heavy atom. The first-order valence-electron chi connectivity index (χ1n) is 7.76. The largest absolute Gasteiger partial charge is 0.354 e. The minimum absolute atomic E-state index is 0.208. The van der Waals surface area contributed by atoms with Crippen LogP contribution in [0.2, 0.25) is 0 Å². The zero-order valence-corrected chi connectivity index (χ0v) is 12.7. The van der Waals surface area contributed by atoms with E-state index in [-0.39, 0.29) is 5.91 Å². The lowest BCUT2D eigenvalue weighted by atomic mass is 9.92. The average molecular weight is 277 g/mol. The zero-order chi connectivity index (χ0) is 14.4. The first kappa shape index (κ1) is 15.1. The van der Waals surface area contributed by atoms with Gasteiger partial charge in [-0.1, -0.05) is 0 Å². The van der Waals surface area contributed by atoms with Crippen molar-refractivity contribution in [2.24, 2.45) is 5.92 Å². The number of rotatable bonds is 6. The number of likely N-dealkylation sites (tertiary alicyclic amines) is 1. The molecule has 2 rings (SSSR count). The Kier molecular flexibility index (Phi) is 5.65. The molecule has 1 N–H and O–H groups in total. The molecule has 1 aromatic rings. The molecule has 0 aromatic carbocycles. The lowest BCUT2D eigenvalue weighted by Crippen LogP contribution is -2.39. The summed E-state index contributed by atoms with van der Waals surface area (Å²) in [6.45, 7) is 8.34. The molecule has 1 saturated heterocycles. The molecule has 0 aliphatic carbocycles. The van der Waals surface area contributed by atoms with Gasteiger partial charge in [0, 0.05) is 37.9 Å². The lowest BCUT2D eigenvalue weighted by Gasteiger charge is -2.34. The van der Waals surface area contributed by atoms with Crippen LogP contribution in [0.3, 0.4) is 0 Å². The molecule has 4 nitrogen and oxygen atoms in total. The normalized spacial score (nSPS) is 17.6. The molecule has 2 heterocycles. The summed E-state index contributed by atoms with van der Waals surface area (Å²) in [6, 6.07) is 4.64. The van der Waals surface area contributed by atoms with Crippen molar-refractivity contribution in [3.05, 3.63) is 24.5 Å². The molecule has 1 amide bonds.